The fraction of sp³-hybridized carbons (Fsp3) is 0.267. The van der Waals surface area contributed by atoms with E-state index in [0.717, 1.165) is 16.5 Å². The molecular weight excluding hydrogens is 238 g/mol. The highest BCUT2D eigenvalue weighted by Crippen LogP contribution is 2.18. The van der Waals surface area contributed by atoms with Gasteiger partial charge in [-0.15, -0.1) is 6.58 Å². The number of rotatable bonds is 5. The summed E-state index contributed by atoms with van der Waals surface area (Å²) in [5.74, 6) is -0.155. The van der Waals surface area contributed by atoms with Crippen LogP contribution in [0.25, 0.3) is 10.9 Å². The number of nitrogens with two attached hydrogens (primary N) is 1. The van der Waals surface area contributed by atoms with E-state index in [1.54, 1.807) is 6.08 Å². The number of benzene rings is 1. The van der Waals surface area contributed by atoms with Crippen molar-refractivity contribution in [2.45, 2.75) is 25.4 Å². The van der Waals surface area contributed by atoms with Crippen LogP contribution in [0.5, 0.6) is 0 Å². The Bertz CT molecular complexity index is 588. The SMILES string of the molecule is C=CC(C)NC(=O)[C@H](N)Cc1c[nH]c2ccccc12. The van der Waals surface area contributed by atoms with Crippen molar-refractivity contribution >= 4 is 16.8 Å². The maximum atomic E-state index is 11.9. The Labute approximate surface area is 112 Å². The zero-order chi connectivity index (χ0) is 13.8. The summed E-state index contributed by atoms with van der Waals surface area (Å²) in [5.41, 5.74) is 8.06. The highest BCUT2D eigenvalue weighted by atomic mass is 16.2. The van der Waals surface area contributed by atoms with Crippen LogP contribution in [-0.4, -0.2) is 23.0 Å². The summed E-state index contributed by atoms with van der Waals surface area (Å²) in [4.78, 5) is 15.1. The Kier molecular flexibility index (Phi) is 4.02. The fourth-order valence-electron chi connectivity index (χ4n) is 2.02. The first-order valence-corrected chi connectivity index (χ1v) is 6.35. The summed E-state index contributed by atoms with van der Waals surface area (Å²) in [5, 5.41) is 3.91. The van der Waals surface area contributed by atoms with Crippen LogP contribution in [0.2, 0.25) is 0 Å². The molecule has 1 unspecified atom stereocenters. The van der Waals surface area contributed by atoms with Crippen molar-refractivity contribution in [1.82, 2.24) is 10.3 Å². The van der Waals surface area contributed by atoms with Gasteiger partial charge in [0, 0.05) is 23.1 Å². The monoisotopic (exact) mass is 257 g/mol. The summed E-state index contributed by atoms with van der Waals surface area (Å²) in [7, 11) is 0. The normalized spacial score (nSPS) is 14.0. The Morgan fingerprint density at radius 1 is 1.53 bits per heavy atom. The van der Waals surface area contributed by atoms with Crippen LogP contribution < -0.4 is 11.1 Å². The van der Waals surface area contributed by atoms with Crippen LogP contribution in [0.1, 0.15) is 12.5 Å². The maximum absolute atomic E-state index is 11.9. The first kappa shape index (κ1) is 13.4. The number of amides is 1. The molecule has 100 valence electrons. The van der Waals surface area contributed by atoms with E-state index in [2.05, 4.69) is 16.9 Å². The topological polar surface area (TPSA) is 70.9 Å². The molecule has 2 atom stereocenters. The third kappa shape index (κ3) is 3.03. The van der Waals surface area contributed by atoms with Crippen LogP contribution in [0.4, 0.5) is 0 Å². The number of aromatic amines is 1. The molecular formula is C15H19N3O. The Hall–Kier alpha value is -2.07. The number of hydrogen-bond donors (Lipinski definition) is 3. The lowest BCUT2D eigenvalue weighted by Gasteiger charge is -2.14. The molecule has 1 aromatic carbocycles. The van der Waals surface area contributed by atoms with Gasteiger partial charge >= 0.3 is 0 Å². The summed E-state index contributed by atoms with van der Waals surface area (Å²) in [6, 6.07) is 7.36. The molecule has 19 heavy (non-hydrogen) atoms. The molecule has 0 aliphatic heterocycles. The molecule has 0 spiro atoms. The minimum Gasteiger partial charge on any atom is -0.361 e. The van der Waals surface area contributed by atoms with E-state index >= 15 is 0 Å². The zero-order valence-electron chi connectivity index (χ0n) is 11.0. The molecule has 1 heterocycles. The number of carbonyl (C=O) groups is 1. The van der Waals surface area contributed by atoms with Gasteiger partial charge in [-0.3, -0.25) is 4.79 Å². The Morgan fingerprint density at radius 3 is 3.00 bits per heavy atom. The third-order valence-corrected chi connectivity index (χ3v) is 3.17. The number of nitrogens with one attached hydrogen (secondary N) is 2. The molecule has 1 aromatic heterocycles. The standard InChI is InChI=1S/C15H19N3O/c1-3-10(2)18-15(19)13(16)8-11-9-17-14-7-5-4-6-12(11)14/h3-7,9-10,13,17H,1,8,16H2,2H3,(H,18,19)/t10?,13-/m1/s1. The highest BCUT2D eigenvalue weighted by Gasteiger charge is 2.16. The van der Waals surface area contributed by atoms with Crippen LogP contribution in [0.3, 0.4) is 0 Å². The summed E-state index contributed by atoms with van der Waals surface area (Å²) in [6.07, 6.45) is 4.10. The lowest BCUT2D eigenvalue weighted by Crippen LogP contribution is -2.44. The lowest BCUT2D eigenvalue weighted by atomic mass is 10.0. The van der Waals surface area contributed by atoms with E-state index in [4.69, 9.17) is 5.73 Å². The van der Waals surface area contributed by atoms with Crippen LogP contribution in [0, 0.1) is 0 Å². The molecule has 0 radical (unpaired) electrons. The van der Waals surface area contributed by atoms with Crippen LogP contribution in [0.15, 0.2) is 43.1 Å². The molecule has 2 rings (SSSR count). The molecule has 1 amide bonds. The minimum atomic E-state index is -0.554. The second kappa shape index (κ2) is 5.71. The first-order chi connectivity index (χ1) is 9.11. The van der Waals surface area contributed by atoms with Crippen molar-refractivity contribution < 1.29 is 4.79 Å². The second-order valence-electron chi connectivity index (χ2n) is 4.70. The molecule has 2 aromatic rings. The van der Waals surface area contributed by atoms with E-state index < -0.39 is 6.04 Å². The van der Waals surface area contributed by atoms with Gasteiger partial charge in [0.1, 0.15) is 0 Å². The molecule has 0 saturated carbocycles. The fourth-order valence-corrected chi connectivity index (χ4v) is 2.02. The number of fused-ring (bicyclic) bond motifs is 1. The van der Waals surface area contributed by atoms with E-state index in [0.29, 0.717) is 6.42 Å². The van der Waals surface area contributed by atoms with Gasteiger partial charge in [0.25, 0.3) is 0 Å². The molecule has 4 nitrogen and oxygen atoms in total. The zero-order valence-corrected chi connectivity index (χ0v) is 11.0. The third-order valence-electron chi connectivity index (χ3n) is 3.17. The summed E-state index contributed by atoms with van der Waals surface area (Å²) >= 11 is 0. The number of hydrogen-bond acceptors (Lipinski definition) is 2. The van der Waals surface area contributed by atoms with Crippen LogP contribution >= 0.6 is 0 Å². The molecule has 0 aliphatic rings. The number of para-hydroxylation sites is 1. The molecule has 0 saturated heterocycles. The van der Waals surface area contributed by atoms with E-state index in [1.165, 1.54) is 0 Å². The Balaban J connectivity index is 2.08. The summed E-state index contributed by atoms with van der Waals surface area (Å²) in [6.45, 7) is 5.49. The van der Waals surface area contributed by atoms with Crippen LogP contribution in [-0.2, 0) is 11.2 Å². The highest BCUT2D eigenvalue weighted by molar-refractivity contribution is 5.86. The van der Waals surface area contributed by atoms with Gasteiger partial charge in [0.15, 0.2) is 0 Å². The van der Waals surface area contributed by atoms with Crippen molar-refractivity contribution in [2.24, 2.45) is 5.73 Å². The minimum absolute atomic E-state index is 0.0680. The largest absolute Gasteiger partial charge is 0.361 e. The lowest BCUT2D eigenvalue weighted by molar-refractivity contribution is -0.122. The average Bonchev–Trinajstić information content (AvgIpc) is 2.82. The molecule has 0 bridgehead atoms. The second-order valence-corrected chi connectivity index (χ2v) is 4.70. The van der Waals surface area contributed by atoms with Gasteiger partial charge in [-0.2, -0.15) is 0 Å². The van der Waals surface area contributed by atoms with Crippen molar-refractivity contribution in [1.29, 1.82) is 0 Å². The maximum Gasteiger partial charge on any atom is 0.237 e. The predicted octanol–water partition coefficient (Wildman–Crippen LogP) is 1.73. The smallest absolute Gasteiger partial charge is 0.237 e. The molecule has 0 aliphatic carbocycles. The van der Waals surface area contributed by atoms with Crippen molar-refractivity contribution in [2.75, 3.05) is 0 Å². The van der Waals surface area contributed by atoms with E-state index in [1.807, 2.05) is 37.4 Å². The van der Waals surface area contributed by atoms with Gasteiger partial charge in [0.05, 0.1) is 6.04 Å². The first-order valence-electron chi connectivity index (χ1n) is 6.35. The van der Waals surface area contributed by atoms with Gasteiger partial charge in [-0.1, -0.05) is 24.3 Å². The van der Waals surface area contributed by atoms with Gasteiger partial charge in [-0.25, -0.2) is 0 Å². The molecule has 4 heteroatoms. The quantitative estimate of drug-likeness (QED) is 0.714. The number of aromatic nitrogens is 1. The van der Waals surface area contributed by atoms with Gasteiger partial charge in [-0.05, 0) is 25.0 Å². The van der Waals surface area contributed by atoms with E-state index in [9.17, 15) is 4.79 Å². The van der Waals surface area contributed by atoms with Gasteiger partial charge < -0.3 is 16.0 Å². The van der Waals surface area contributed by atoms with Crippen molar-refractivity contribution in [3.8, 4) is 0 Å². The van der Waals surface area contributed by atoms with Gasteiger partial charge in [0.2, 0.25) is 5.91 Å². The molecule has 0 fully saturated rings. The Morgan fingerprint density at radius 2 is 2.26 bits per heavy atom. The van der Waals surface area contributed by atoms with E-state index in [-0.39, 0.29) is 11.9 Å². The number of carbonyl (C=O) groups excluding carboxylic acids is 1. The van der Waals surface area contributed by atoms with Crippen molar-refractivity contribution in [3.63, 3.8) is 0 Å². The summed E-state index contributed by atoms with van der Waals surface area (Å²) < 4.78 is 0. The van der Waals surface area contributed by atoms with Crippen molar-refractivity contribution in [3.05, 3.63) is 48.7 Å². The average molecular weight is 257 g/mol. The molecule has 4 N–H and O–H groups in total. The predicted molar refractivity (Wildman–Crippen MR) is 77.8 cm³/mol. The number of H-pyrrole nitrogens is 1.